The maximum absolute atomic E-state index is 12.6. The van der Waals surface area contributed by atoms with E-state index >= 15 is 0 Å². The van der Waals surface area contributed by atoms with Crippen LogP contribution in [-0.2, 0) is 0 Å². The van der Waals surface area contributed by atoms with E-state index in [1.807, 2.05) is 29.2 Å². The summed E-state index contributed by atoms with van der Waals surface area (Å²) in [5.41, 5.74) is 3.14. The minimum atomic E-state index is 0.0836. The maximum Gasteiger partial charge on any atom is 0.253 e. The fourth-order valence-corrected chi connectivity index (χ4v) is 3.68. The highest BCUT2D eigenvalue weighted by molar-refractivity contribution is 9.10. The van der Waals surface area contributed by atoms with Crippen LogP contribution in [0.3, 0.4) is 0 Å². The van der Waals surface area contributed by atoms with Gasteiger partial charge in [-0.25, -0.2) is 0 Å². The van der Waals surface area contributed by atoms with Gasteiger partial charge in [-0.2, -0.15) is 0 Å². The van der Waals surface area contributed by atoms with E-state index in [2.05, 4.69) is 46.0 Å². The fraction of sp³-hybridized carbons (Fsp3) is 0.316. The van der Waals surface area contributed by atoms with Crippen LogP contribution in [0.2, 0.25) is 0 Å². The van der Waals surface area contributed by atoms with Crippen LogP contribution >= 0.6 is 15.9 Å². The SMILES string of the molecule is COc1ccc(C(=O)N2CCN(c3ccc(C)cc3Br)CC2)cc1. The molecule has 0 N–H and O–H groups in total. The molecule has 1 heterocycles. The molecular weight excluding hydrogens is 368 g/mol. The van der Waals surface area contributed by atoms with Crippen LogP contribution in [-0.4, -0.2) is 44.1 Å². The molecule has 1 fully saturated rings. The number of hydrogen-bond donors (Lipinski definition) is 0. The number of anilines is 1. The first-order valence-electron chi connectivity index (χ1n) is 8.03. The van der Waals surface area contributed by atoms with Gasteiger partial charge in [0.15, 0.2) is 0 Å². The Balaban J connectivity index is 1.64. The Morgan fingerprint density at radius 3 is 2.29 bits per heavy atom. The van der Waals surface area contributed by atoms with Crippen molar-refractivity contribution in [3.05, 3.63) is 58.1 Å². The minimum Gasteiger partial charge on any atom is -0.497 e. The summed E-state index contributed by atoms with van der Waals surface area (Å²) in [6.45, 7) is 5.21. The minimum absolute atomic E-state index is 0.0836. The zero-order valence-electron chi connectivity index (χ0n) is 14.0. The van der Waals surface area contributed by atoms with Crippen molar-refractivity contribution in [3.8, 4) is 5.75 Å². The van der Waals surface area contributed by atoms with Crippen LogP contribution in [0.1, 0.15) is 15.9 Å². The number of amides is 1. The quantitative estimate of drug-likeness (QED) is 0.802. The second kappa shape index (κ2) is 7.26. The van der Waals surface area contributed by atoms with E-state index < -0.39 is 0 Å². The Morgan fingerprint density at radius 2 is 1.71 bits per heavy atom. The molecule has 1 amide bonds. The van der Waals surface area contributed by atoms with Gasteiger partial charge in [0.05, 0.1) is 12.8 Å². The van der Waals surface area contributed by atoms with Crippen molar-refractivity contribution in [1.82, 2.24) is 4.90 Å². The number of methoxy groups -OCH3 is 1. The summed E-state index contributed by atoms with van der Waals surface area (Å²) in [5.74, 6) is 0.848. The molecule has 0 radical (unpaired) electrons. The number of carbonyl (C=O) groups excluding carboxylic acids is 1. The van der Waals surface area contributed by atoms with Gasteiger partial charge in [-0.15, -0.1) is 0 Å². The number of piperazine rings is 1. The lowest BCUT2D eigenvalue weighted by atomic mass is 10.1. The largest absolute Gasteiger partial charge is 0.497 e. The second-order valence-corrected chi connectivity index (χ2v) is 6.82. The molecule has 1 saturated heterocycles. The number of carbonyl (C=O) groups is 1. The summed E-state index contributed by atoms with van der Waals surface area (Å²) >= 11 is 3.64. The highest BCUT2D eigenvalue weighted by Gasteiger charge is 2.23. The van der Waals surface area contributed by atoms with Crippen LogP contribution < -0.4 is 9.64 Å². The molecule has 2 aromatic rings. The van der Waals surface area contributed by atoms with Gasteiger partial charge >= 0.3 is 0 Å². The highest BCUT2D eigenvalue weighted by Crippen LogP contribution is 2.28. The number of rotatable bonds is 3. The molecule has 3 rings (SSSR count). The Kier molecular flexibility index (Phi) is 5.09. The third-order valence-electron chi connectivity index (χ3n) is 4.35. The average Bonchev–Trinajstić information content (AvgIpc) is 2.61. The molecular formula is C19H21BrN2O2. The van der Waals surface area contributed by atoms with Crippen LogP contribution in [0.25, 0.3) is 0 Å². The zero-order chi connectivity index (χ0) is 17.1. The van der Waals surface area contributed by atoms with Crippen LogP contribution in [0, 0.1) is 6.92 Å². The van der Waals surface area contributed by atoms with Crippen LogP contribution in [0.15, 0.2) is 46.9 Å². The summed E-state index contributed by atoms with van der Waals surface area (Å²) < 4.78 is 6.25. The van der Waals surface area contributed by atoms with Gasteiger partial charge in [0.1, 0.15) is 5.75 Å². The highest BCUT2D eigenvalue weighted by atomic mass is 79.9. The van der Waals surface area contributed by atoms with Crippen molar-refractivity contribution in [2.45, 2.75) is 6.92 Å². The molecule has 5 heteroatoms. The number of hydrogen-bond acceptors (Lipinski definition) is 3. The molecule has 24 heavy (non-hydrogen) atoms. The van der Waals surface area contributed by atoms with Crippen molar-refractivity contribution in [3.63, 3.8) is 0 Å². The van der Waals surface area contributed by atoms with Crippen molar-refractivity contribution >= 4 is 27.5 Å². The Bertz CT molecular complexity index is 723. The molecule has 0 aromatic heterocycles. The number of nitrogens with zero attached hydrogens (tertiary/aromatic N) is 2. The molecule has 0 saturated carbocycles. The lowest BCUT2D eigenvalue weighted by Crippen LogP contribution is -2.48. The normalized spacial score (nSPS) is 14.6. The molecule has 0 atom stereocenters. The molecule has 0 spiro atoms. The van der Waals surface area contributed by atoms with Gasteiger partial charge in [0, 0.05) is 36.2 Å². The molecule has 0 aliphatic carbocycles. The number of benzene rings is 2. The van der Waals surface area contributed by atoms with E-state index in [1.165, 1.54) is 11.3 Å². The Labute approximate surface area is 151 Å². The van der Waals surface area contributed by atoms with E-state index in [0.717, 1.165) is 36.4 Å². The molecule has 4 nitrogen and oxygen atoms in total. The summed E-state index contributed by atoms with van der Waals surface area (Å²) in [6.07, 6.45) is 0. The molecule has 1 aliphatic heterocycles. The van der Waals surface area contributed by atoms with Gasteiger partial charge < -0.3 is 14.5 Å². The summed E-state index contributed by atoms with van der Waals surface area (Å²) in [4.78, 5) is 16.8. The molecule has 126 valence electrons. The summed E-state index contributed by atoms with van der Waals surface area (Å²) in [7, 11) is 1.62. The second-order valence-electron chi connectivity index (χ2n) is 5.96. The first-order valence-corrected chi connectivity index (χ1v) is 8.82. The summed E-state index contributed by atoms with van der Waals surface area (Å²) in [5, 5.41) is 0. The lowest BCUT2D eigenvalue weighted by molar-refractivity contribution is 0.0746. The van der Waals surface area contributed by atoms with Gasteiger partial charge in [-0.3, -0.25) is 4.79 Å². The van der Waals surface area contributed by atoms with E-state index in [1.54, 1.807) is 7.11 Å². The van der Waals surface area contributed by atoms with Crippen molar-refractivity contribution in [2.75, 3.05) is 38.2 Å². The predicted octanol–water partition coefficient (Wildman–Crippen LogP) is 3.73. The molecule has 1 aliphatic rings. The maximum atomic E-state index is 12.6. The first-order chi connectivity index (χ1) is 11.6. The van der Waals surface area contributed by atoms with Crippen LogP contribution in [0.5, 0.6) is 5.75 Å². The first kappa shape index (κ1) is 16.8. The third-order valence-corrected chi connectivity index (χ3v) is 4.98. The van der Waals surface area contributed by atoms with Crippen LogP contribution in [0.4, 0.5) is 5.69 Å². The Morgan fingerprint density at radius 1 is 1.04 bits per heavy atom. The van der Waals surface area contributed by atoms with Crippen molar-refractivity contribution < 1.29 is 9.53 Å². The van der Waals surface area contributed by atoms with Crippen molar-refractivity contribution in [1.29, 1.82) is 0 Å². The van der Waals surface area contributed by atoms with Crippen molar-refractivity contribution in [2.24, 2.45) is 0 Å². The third kappa shape index (κ3) is 3.56. The van der Waals surface area contributed by atoms with Gasteiger partial charge in [-0.05, 0) is 64.8 Å². The summed E-state index contributed by atoms with van der Waals surface area (Å²) in [6, 6.07) is 13.7. The van der Waals surface area contributed by atoms with E-state index in [9.17, 15) is 4.79 Å². The smallest absolute Gasteiger partial charge is 0.253 e. The van der Waals surface area contributed by atoms with Gasteiger partial charge in [0.2, 0.25) is 0 Å². The lowest BCUT2D eigenvalue weighted by Gasteiger charge is -2.36. The Hall–Kier alpha value is -2.01. The van der Waals surface area contributed by atoms with Gasteiger partial charge in [0.25, 0.3) is 5.91 Å². The van der Waals surface area contributed by atoms with E-state index in [0.29, 0.717) is 5.56 Å². The fourth-order valence-electron chi connectivity index (χ4n) is 2.94. The number of halogens is 1. The zero-order valence-corrected chi connectivity index (χ0v) is 15.5. The predicted molar refractivity (Wildman–Crippen MR) is 100.0 cm³/mol. The standard InChI is InChI=1S/C19H21BrN2O2/c1-14-3-8-18(17(20)13-14)21-9-11-22(12-10-21)19(23)15-4-6-16(24-2)7-5-15/h3-8,13H,9-12H2,1-2H3. The monoisotopic (exact) mass is 388 g/mol. The van der Waals surface area contributed by atoms with Gasteiger partial charge in [-0.1, -0.05) is 6.07 Å². The topological polar surface area (TPSA) is 32.8 Å². The van der Waals surface area contributed by atoms with E-state index in [4.69, 9.17) is 4.74 Å². The molecule has 0 unspecified atom stereocenters. The average molecular weight is 389 g/mol. The molecule has 2 aromatic carbocycles. The van der Waals surface area contributed by atoms with E-state index in [-0.39, 0.29) is 5.91 Å². The number of ether oxygens (including phenoxy) is 1. The molecule has 0 bridgehead atoms. The number of aryl methyl sites for hydroxylation is 1.